The van der Waals surface area contributed by atoms with Crippen molar-refractivity contribution in [3.8, 4) is 0 Å². The molecule has 0 fully saturated rings. The SMILES string of the molecule is CCOC(=O)C(N)C(=O)N(C)Cc1csc(C)n1. The van der Waals surface area contributed by atoms with Crippen LogP contribution in [0.25, 0.3) is 0 Å². The van der Waals surface area contributed by atoms with Gasteiger partial charge in [-0.1, -0.05) is 0 Å². The van der Waals surface area contributed by atoms with Gasteiger partial charge in [-0.25, -0.2) is 9.78 Å². The van der Waals surface area contributed by atoms with Gasteiger partial charge in [0.2, 0.25) is 0 Å². The summed E-state index contributed by atoms with van der Waals surface area (Å²) in [7, 11) is 1.58. The Kier molecular flexibility index (Phi) is 5.24. The fourth-order valence-electron chi connectivity index (χ4n) is 1.37. The molecule has 0 aromatic carbocycles. The molecule has 7 heteroatoms. The van der Waals surface area contributed by atoms with Gasteiger partial charge in [0.25, 0.3) is 5.91 Å². The van der Waals surface area contributed by atoms with E-state index in [4.69, 9.17) is 10.5 Å². The predicted molar refractivity (Wildman–Crippen MR) is 67.9 cm³/mol. The molecule has 6 nitrogen and oxygen atoms in total. The minimum atomic E-state index is -1.27. The second-order valence-corrected chi connectivity index (χ2v) is 4.84. The molecular formula is C11H17N3O3S. The molecule has 1 amide bonds. The molecule has 0 saturated carbocycles. The van der Waals surface area contributed by atoms with Gasteiger partial charge in [0.05, 0.1) is 23.9 Å². The third kappa shape index (κ3) is 3.78. The van der Waals surface area contributed by atoms with Crippen LogP contribution in [0.2, 0.25) is 0 Å². The van der Waals surface area contributed by atoms with Gasteiger partial charge in [0.15, 0.2) is 6.04 Å². The van der Waals surface area contributed by atoms with E-state index < -0.39 is 17.9 Å². The van der Waals surface area contributed by atoms with Crippen molar-refractivity contribution in [2.24, 2.45) is 5.73 Å². The van der Waals surface area contributed by atoms with E-state index in [0.29, 0.717) is 6.54 Å². The molecule has 18 heavy (non-hydrogen) atoms. The molecule has 1 aromatic rings. The van der Waals surface area contributed by atoms with Crippen LogP contribution in [0.15, 0.2) is 5.38 Å². The summed E-state index contributed by atoms with van der Waals surface area (Å²) in [6.07, 6.45) is 0. The Bertz CT molecular complexity index is 433. The number of rotatable bonds is 5. The molecular weight excluding hydrogens is 254 g/mol. The Labute approximate surface area is 110 Å². The van der Waals surface area contributed by atoms with Crippen LogP contribution in [-0.4, -0.2) is 41.5 Å². The van der Waals surface area contributed by atoms with Gasteiger partial charge in [-0.15, -0.1) is 11.3 Å². The molecule has 0 saturated heterocycles. The summed E-state index contributed by atoms with van der Waals surface area (Å²) >= 11 is 1.51. The molecule has 0 bridgehead atoms. The molecule has 1 heterocycles. The number of aromatic nitrogens is 1. The zero-order valence-corrected chi connectivity index (χ0v) is 11.5. The fraction of sp³-hybridized carbons (Fsp3) is 0.545. The number of ether oxygens (including phenoxy) is 1. The maximum atomic E-state index is 11.8. The zero-order valence-electron chi connectivity index (χ0n) is 10.7. The highest BCUT2D eigenvalue weighted by Gasteiger charge is 2.26. The molecule has 0 aliphatic heterocycles. The van der Waals surface area contributed by atoms with E-state index in [-0.39, 0.29) is 6.61 Å². The van der Waals surface area contributed by atoms with Crippen LogP contribution in [0.1, 0.15) is 17.6 Å². The lowest BCUT2D eigenvalue weighted by Gasteiger charge is -2.19. The van der Waals surface area contributed by atoms with Crippen molar-refractivity contribution in [1.29, 1.82) is 0 Å². The van der Waals surface area contributed by atoms with Crippen LogP contribution in [-0.2, 0) is 20.9 Å². The van der Waals surface area contributed by atoms with Crippen molar-refractivity contribution < 1.29 is 14.3 Å². The normalized spacial score (nSPS) is 12.0. The lowest BCUT2D eigenvalue weighted by atomic mass is 10.2. The molecule has 1 aromatic heterocycles. The summed E-state index contributed by atoms with van der Waals surface area (Å²) in [4.78, 5) is 28.8. The van der Waals surface area contributed by atoms with Crippen LogP contribution < -0.4 is 5.73 Å². The number of nitrogens with two attached hydrogens (primary N) is 1. The number of thiazole rings is 1. The second-order valence-electron chi connectivity index (χ2n) is 3.78. The van der Waals surface area contributed by atoms with Crippen LogP contribution in [0.5, 0.6) is 0 Å². The minimum Gasteiger partial charge on any atom is -0.464 e. The molecule has 1 rings (SSSR count). The highest BCUT2D eigenvalue weighted by atomic mass is 32.1. The number of carbonyl (C=O) groups is 2. The molecule has 0 spiro atoms. The van der Waals surface area contributed by atoms with Gasteiger partial charge in [-0.05, 0) is 13.8 Å². The Morgan fingerprint density at radius 1 is 1.61 bits per heavy atom. The Balaban J connectivity index is 2.58. The van der Waals surface area contributed by atoms with Crippen molar-refractivity contribution in [1.82, 2.24) is 9.88 Å². The van der Waals surface area contributed by atoms with E-state index in [0.717, 1.165) is 10.7 Å². The summed E-state index contributed by atoms with van der Waals surface area (Å²) in [5, 5.41) is 2.80. The summed E-state index contributed by atoms with van der Waals surface area (Å²) in [6, 6.07) is -1.27. The van der Waals surface area contributed by atoms with Crippen molar-refractivity contribution in [3.05, 3.63) is 16.1 Å². The molecule has 0 aliphatic carbocycles. The first kappa shape index (κ1) is 14.6. The number of hydrogen-bond donors (Lipinski definition) is 1. The van der Waals surface area contributed by atoms with E-state index in [1.807, 2.05) is 12.3 Å². The number of aryl methyl sites for hydroxylation is 1. The van der Waals surface area contributed by atoms with Gasteiger partial charge in [-0.2, -0.15) is 0 Å². The van der Waals surface area contributed by atoms with E-state index >= 15 is 0 Å². The molecule has 1 unspecified atom stereocenters. The second kappa shape index (κ2) is 6.46. The lowest BCUT2D eigenvalue weighted by Crippen LogP contribution is -2.47. The largest absolute Gasteiger partial charge is 0.464 e. The summed E-state index contributed by atoms with van der Waals surface area (Å²) in [6.45, 7) is 4.09. The molecule has 0 radical (unpaired) electrons. The summed E-state index contributed by atoms with van der Waals surface area (Å²) < 4.78 is 4.70. The quantitative estimate of drug-likeness (QED) is 0.615. The van der Waals surface area contributed by atoms with Crippen LogP contribution in [0.4, 0.5) is 0 Å². The summed E-state index contributed by atoms with van der Waals surface area (Å²) in [5.74, 6) is -1.18. The number of likely N-dealkylation sites (N-methyl/N-ethyl adjacent to an activating group) is 1. The number of esters is 1. The van der Waals surface area contributed by atoms with Crippen molar-refractivity contribution >= 4 is 23.2 Å². The number of amides is 1. The van der Waals surface area contributed by atoms with Gasteiger partial charge >= 0.3 is 5.97 Å². The average molecular weight is 271 g/mol. The van der Waals surface area contributed by atoms with E-state index in [1.165, 1.54) is 16.2 Å². The first-order chi connectivity index (χ1) is 8.45. The number of carbonyl (C=O) groups excluding carboxylic acids is 2. The fourth-order valence-corrected chi connectivity index (χ4v) is 1.98. The molecule has 100 valence electrons. The van der Waals surface area contributed by atoms with E-state index in [2.05, 4.69) is 4.98 Å². The minimum absolute atomic E-state index is 0.203. The highest BCUT2D eigenvalue weighted by molar-refractivity contribution is 7.09. The number of hydrogen-bond acceptors (Lipinski definition) is 6. The van der Waals surface area contributed by atoms with E-state index in [1.54, 1.807) is 14.0 Å². The summed E-state index contributed by atoms with van der Waals surface area (Å²) in [5.41, 5.74) is 6.30. The number of nitrogens with zero attached hydrogens (tertiary/aromatic N) is 2. The lowest BCUT2D eigenvalue weighted by molar-refractivity contribution is -0.150. The third-order valence-electron chi connectivity index (χ3n) is 2.25. The standard InChI is InChI=1S/C11H17N3O3S/c1-4-17-11(16)9(12)10(15)14(3)5-8-6-18-7(2)13-8/h6,9H,4-5,12H2,1-3H3. The molecule has 0 aliphatic rings. The van der Waals surface area contributed by atoms with Gasteiger partial charge < -0.3 is 15.4 Å². The van der Waals surface area contributed by atoms with E-state index in [9.17, 15) is 9.59 Å². The maximum Gasteiger partial charge on any atom is 0.332 e. The highest BCUT2D eigenvalue weighted by Crippen LogP contribution is 2.10. The first-order valence-corrected chi connectivity index (χ1v) is 6.41. The zero-order chi connectivity index (χ0) is 13.7. The Morgan fingerprint density at radius 3 is 2.78 bits per heavy atom. The van der Waals surface area contributed by atoms with Crippen molar-refractivity contribution in [3.63, 3.8) is 0 Å². The predicted octanol–water partition coefficient (Wildman–Crippen LogP) is 0.300. The molecule has 1 atom stereocenters. The van der Waals surface area contributed by atoms with Crippen LogP contribution in [0.3, 0.4) is 0 Å². The Morgan fingerprint density at radius 2 is 2.28 bits per heavy atom. The first-order valence-electron chi connectivity index (χ1n) is 5.54. The topological polar surface area (TPSA) is 85.5 Å². The van der Waals surface area contributed by atoms with Crippen molar-refractivity contribution in [2.75, 3.05) is 13.7 Å². The smallest absolute Gasteiger partial charge is 0.332 e. The van der Waals surface area contributed by atoms with Gasteiger partial charge in [0, 0.05) is 12.4 Å². The van der Waals surface area contributed by atoms with Gasteiger partial charge in [0.1, 0.15) is 0 Å². The van der Waals surface area contributed by atoms with Crippen LogP contribution in [0, 0.1) is 6.92 Å². The third-order valence-corrected chi connectivity index (χ3v) is 3.07. The maximum absolute atomic E-state index is 11.8. The van der Waals surface area contributed by atoms with Crippen molar-refractivity contribution in [2.45, 2.75) is 26.4 Å². The monoisotopic (exact) mass is 271 g/mol. The Hall–Kier alpha value is -1.47. The molecule has 2 N–H and O–H groups in total. The van der Waals surface area contributed by atoms with Crippen LogP contribution >= 0.6 is 11.3 Å². The average Bonchev–Trinajstić information content (AvgIpc) is 2.73. The van der Waals surface area contributed by atoms with Gasteiger partial charge in [-0.3, -0.25) is 4.79 Å².